The van der Waals surface area contributed by atoms with Crippen LogP contribution in [0.25, 0.3) is 0 Å². The van der Waals surface area contributed by atoms with Crippen LogP contribution in [-0.4, -0.2) is 69.5 Å². The molecule has 2 aliphatic rings. The molecular formula is C20H24F3N5O5. The number of hydrogen-bond acceptors (Lipinski definition) is 7. The predicted octanol–water partition coefficient (Wildman–Crippen LogP) is 1.78. The first-order valence-corrected chi connectivity index (χ1v) is 10.3. The zero-order valence-corrected chi connectivity index (χ0v) is 17.6. The molecule has 180 valence electrons. The largest absolute Gasteiger partial charge is 0.490 e. The van der Waals surface area contributed by atoms with Gasteiger partial charge in [0.25, 0.3) is 5.91 Å². The van der Waals surface area contributed by atoms with E-state index in [2.05, 4.69) is 21.7 Å². The van der Waals surface area contributed by atoms with E-state index in [1.54, 1.807) is 6.07 Å². The smallest absolute Gasteiger partial charge is 0.475 e. The highest BCUT2D eigenvalue weighted by atomic mass is 19.4. The Balaban J connectivity index is 0.000000383. The highest BCUT2D eigenvalue weighted by molar-refractivity contribution is 5.93. The Kier molecular flexibility index (Phi) is 8.33. The zero-order valence-electron chi connectivity index (χ0n) is 17.6. The van der Waals surface area contributed by atoms with Crippen LogP contribution < -0.4 is 5.32 Å². The van der Waals surface area contributed by atoms with Gasteiger partial charge >= 0.3 is 12.1 Å². The van der Waals surface area contributed by atoms with Crippen molar-refractivity contribution in [2.45, 2.75) is 38.1 Å². The molecule has 13 heteroatoms. The third kappa shape index (κ3) is 7.22. The average molecular weight is 471 g/mol. The van der Waals surface area contributed by atoms with E-state index < -0.39 is 12.1 Å². The first-order valence-electron chi connectivity index (χ1n) is 10.3. The van der Waals surface area contributed by atoms with Gasteiger partial charge in [-0.1, -0.05) is 0 Å². The van der Waals surface area contributed by atoms with Crippen molar-refractivity contribution in [3.05, 3.63) is 41.5 Å². The van der Waals surface area contributed by atoms with E-state index in [1.165, 1.54) is 18.0 Å². The molecule has 1 atom stereocenters. The summed E-state index contributed by atoms with van der Waals surface area (Å²) in [5, 5.41) is 22.2. The van der Waals surface area contributed by atoms with Crippen molar-refractivity contribution in [3.8, 4) is 0 Å². The number of fused-ring (bicyclic) bond motifs is 1. The Morgan fingerprint density at radius 2 is 1.94 bits per heavy atom. The Bertz CT molecular complexity index is 932. The normalized spacial score (nSPS) is 18.6. The lowest BCUT2D eigenvalue weighted by molar-refractivity contribution is -0.192. The molecule has 2 N–H and O–H groups in total. The highest BCUT2D eigenvalue weighted by Crippen LogP contribution is 2.26. The van der Waals surface area contributed by atoms with Gasteiger partial charge in [-0.3, -0.25) is 9.48 Å². The Morgan fingerprint density at radius 1 is 1.21 bits per heavy atom. The molecule has 0 aromatic carbocycles. The summed E-state index contributed by atoms with van der Waals surface area (Å²) < 4.78 is 45.1. The SMILES string of the molecule is O=C(NCC1OCCc2cn(CC3CCOCC3)nc21)c1ccnnc1.O=C(O)C(F)(F)F. The lowest BCUT2D eigenvalue weighted by Gasteiger charge is -2.22. The first kappa shape index (κ1) is 24.6. The number of rotatable bonds is 5. The lowest BCUT2D eigenvalue weighted by atomic mass is 10.0. The van der Waals surface area contributed by atoms with Crippen molar-refractivity contribution < 1.29 is 37.3 Å². The van der Waals surface area contributed by atoms with E-state index in [9.17, 15) is 18.0 Å². The van der Waals surface area contributed by atoms with Crippen LogP contribution in [0, 0.1) is 5.92 Å². The summed E-state index contributed by atoms with van der Waals surface area (Å²) in [5.41, 5.74) is 2.64. The number of nitrogens with one attached hydrogen (secondary N) is 1. The van der Waals surface area contributed by atoms with Gasteiger partial charge < -0.3 is 19.9 Å². The number of aliphatic carboxylic acids is 1. The molecular weight excluding hydrogens is 447 g/mol. The van der Waals surface area contributed by atoms with Crippen LogP contribution in [0.2, 0.25) is 0 Å². The molecule has 1 unspecified atom stereocenters. The minimum absolute atomic E-state index is 0.183. The van der Waals surface area contributed by atoms with E-state index >= 15 is 0 Å². The molecule has 4 rings (SSSR count). The Labute approximate surface area is 187 Å². The number of carbonyl (C=O) groups excluding carboxylic acids is 1. The van der Waals surface area contributed by atoms with Gasteiger partial charge in [-0.15, -0.1) is 0 Å². The number of carboxylic acids is 1. The van der Waals surface area contributed by atoms with Gasteiger partial charge in [0.05, 0.1) is 30.3 Å². The lowest BCUT2D eigenvalue weighted by Crippen LogP contribution is -2.32. The summed E-state index contributed by atoms with van der Waals surface area (Å²) in [6, 6.07) is 1.64. The fourth-order valence-corrected chi connectivity index (χ4v) is 3.49. The molecule has 1 fully saturated rings. The molecule has 4 heterocycles. The third-order valence-corrected chi connectivity index (χ3v) is 5.19. The van der Waals surface area contributed by atoms with Gasteiger partial charge in [-0.05, 0) is 36.8 Å². The van der Waals surface area contributed by atoms with E-state index in [1.807, 2.05) is 4.68 Å². The number of amides is 1. The number of carbonyl (C=O) groups is 2. The number of carboxylic acid groups (broad SMARTS) is 1. The van der Waals surface area contributed by atoms with Crippen molar-refractivity contribution in [3.63, 3.8) is 0 Å². The number of halogens is 3. The molecule has 0 bridgehead atoms. The molecule has 2 aliphatic heterocycles. The molecule has 0 radical (unpaired) electrons. The summed E-state index contributed by atoms with van der Waals surface area (Å²) in [6.45, 7) is 3.63. The van der Waals surface area contributed by atoms with Crippen molar-refractivity contribution >= 4 is 11.9 Å². The van der Waals surface area contributed by atoms with E-state index in [0.717, 1.165) is 44.7 Å². The van der Waals surface area contributed by atoms with Gasteiger partial charge in [0, 0.05) is 32.5 Å². The maximum absolute atomic E-state index is 12.2. The number of ether oxygens (including phenoxy) is 2. The number of aromatic nitrogens is 4. The summed E-state index contributed by atoms with van der Waals surface area (Å²) in [4.78, 5) is 21.1. The number of nitrogens with zero attached hydrogens (tertiary/aromatic N) is 4. The molecule has 1 saturated heterocycles. The second-order valence-electron chi connectivity index (χ2n) is 7.57. The van der Waals surface area contributed by atoms with Gasteiger partial charge in [-0.25, -0.2) is 4.79 Å². The van der Waals surface area contributed by atoms with E-state index in [4.69, 9.17) is 24.5 Å². The molecule has 1 amide bonds. The molecule has 2 aromatic heterocycles. The molecule has 2 aromatic rings. The van der Waals surface area contributed by atoms with Crippen LogP contribution in [0.4, 0.5) is 13.2 Å². The first-order chi connectivity index (χ1) is 15.7. The second-order valence-corrected chi connectivity index (χ2v) is 7.57. The minimum Gasteiger partial charge on any atom is -0.475 e. The predicted molar refractivity (Wildman–Crippen MR) is 106 cm³/mol. The van der Waals surface area contributed by atoms with Crippen molar-refractivity contribution in [1.82, 2.24) is 25.3 Å². The van der Waals surface area contributed by atoms with Crippen molar-refractivity contribution in [2.75, 3.05) is 26.4 Å². The highest BCUT2D eigenvalue weighted by Gasteiger charge is 2.38. The fraction of sp³-hybridized carbons (Fsp3) is 0.550. The third-order valence-electron chi connectivity index (χ3n) is 5.19. The quantitative estimate of drug-likeness (QED) is 0.675. The van der Waals surface area contributed by atoms with Crippen LogP contribution in [-0.2, 0) is 27.2 Å². The summed E-state index contributed by atoms with van der Waals surface area (Å²) in [6.07, 6.45) is 2.82. The van der Waals surface area contributed by atoms with E-state index in [-0.39, 0.29) is 12.0 Å². The van der Waals surface area contributed by atoms with Gasteiger partial charge in [0.1, 0.15) is 6.10 Å². The minimum atomic E-state index is -5.08. The molecule has 0 saturated carbocycles. The van der Waals surface area contributed by atoms with Gasteiger partial charge in [0.15, 0.2) is 0 Å². The van der Waals surface area contributed by atoms with Crippen LogP contribution >= 0.6 is 0 Å². The fourth-order valence-electron chi connectivity index (χ4n) is 3.49. The Hall–Kier alpha value is -3.06. The second kappa shape index (κ2) is 11.2. The zero-order chi connectivity index (χ0) is 23.8. The van der Waals surface area contributed by atoms with Gasteiger partial charge in [-0.2, -0.15) is 28.5 Å². The van der Waals surface area contributed by atoms with Crippen LogP contribution in [0.1, 0.15) is 40.6 Å². The standard InChI is InChI=1S/C18H23N5O3.C2HF3O2/c24-18(14-1-5-20-21-9-14)19-10-16-17-15(4-8-26-16)12-23(22-17)11-13-2-6-25-7-3-13;3-2(4,5)1(6)7/h1,5,9,12-13,16H,2-4,6-8,10-11H2,(H,19,24);(H,6,7). The van der Waals surface area contributed by atoms with Crippen LogP contribution in [0.15, 0.2) is 24.7 Å². The topological polar surface area (TPSA) is 128 Å². The molecule has 0 aliphatic carbocycles. The Morgan fingerprint density at radius 3 is 2.58 bits per heavy atom. The van der Waals surface area contributed by atoms with Crippen molar-refractivity contribution in [2.24, 2.45) is 5.92 Å². The van der Waals surface area contributed by atoms with E-state index in [0.29, 0.717) is 24.6 Å². The summed E-state index contributed by atoms with van der Waals surface area (Å²) in [5.74, 6) is -2.33. The number of hydrogen-bond donors (Lipinski definition) is 2. The van der Waals surface area contributed by atoms with Crippen LogP contribution in [0.3, 0.4) is 0 Å². The summed E-state index contributed by atoms with van der Waals surface area (Å²) in [7, 11) is 0. The molecule has 0 spiro atoms. The van der Waals surface area contributed by atoms with Crippen LogP contribution in [0.5, 0.6) is 0 Å². The monoisotopic (exact) mass is 471 g/mol. The van der Waals surface area contributed by atoms with Crippen molar-refractivity contribution in [1.29, 1.82) is 0 Å². The summed E-state index contributed by atoms with van der Waals surface area (Å²) >= 11 is 0. The average Bonchev–Trinajstić information content (AvgIpc) is 3.21. The maximum atomic E-state index is 12.2. The molecule has 33 heavy (non-hydrogen) atoms. The number of alkyl halides is 3. The molecule has 10 nitrogen and oxygen atoms in total. The maximum Gasteiger partial charge on any atom is 0.490 e. The van der Waals surface area contributed by atoms with Gasteiger partial charge in [0.2, 0.25) is 0 Å².